The van der Waals surface area contributed by atoms with Crippen LogP contribution in [0.5, 0.6) is 0 Å². The molecule has 0 spiro atoms. The molecule has 5 nitrogen and oxygen atoms in total. The fourth-order valence-electron chi connectivity index (χ4n) is 2.30. The van der Waals surface area contributed by atoms with Gasteiger partial charge in [-0.25, -0.2) is 0 Å². The summed E-state index contributed by atoms with van der Waals surface area (Å²) >= 11 is 0. The number of nitrogens with two attached hydrogens (primary N) is 1. The normalized spacial score (nSPS) is 22.6. The van der Waals surface area contributed by atoms with Crippen LogP contribution in [0.2, 0.25) is 0 Å². The molecule has 0 bridgehead atoms. The van der Waals surface area contributed by atoms with E-state index in [1.165, 1.54) is 12.8 Å². The van der Waals surface area contributed by atoms with E-state index in [9.17, 15) is 0 Å². The van der Waals surface area contributed by atoms with Gasteiger partial charge in [-0.3, -0.25) is 0 Å². The fraction of sp³-hybridized carbons (Fsp3) is 0.833. The van der Waals surface area contributed by atoms with Crippen LogP contribution in [0.3, 0.4) is 0 Å². The molecule has 1 fully saturated rings. The van der Waals surface area contributed by atoms with Crippen LogP contribution in [0.1, 0.15) is 63.2 Å². The molecular formula is C12H21N3O2. The maximum atomic E-state index is 8.92. The largest absolute Gasteiger partial charge is 0.394 e. The van der Waals surface area contributed by atoms with Crippen molar-refractivity contribution in [2.75, 3.05) is 6.61 Å². The van der Waals surface area contributed by atoms with Gasteiger partial charge in [0.15, 0.2) is 5.82 Å². The molecule has 5 heteroatoms. The molecule has 1 saturated carbocycles. The van der Waals surface area contributed by atoms with Gasteiger partial charge < -0.3 is 15.4 Å². The highest BCUT2D eigenvalue weighted by atomic mass is 16.5. The molecule has 96 valence electrons. The Morgan fingerprint density at radius 3 is 2.71 bits per heavy atom. The van der Waals surface area contributed by atoms with E-state index in [-0.39, 0.29) is 6.61 Å². The molecule has 0 saturated heterocycles. The maximum absolute atomic E-state index is 8.92. The van der Waals surface area contributed by atoms with Gasteiger partial charge in [0.2, 0.25) is 5.89 Å². The number of hydrogen-bond donors (Lipinski definition) is 2. The number of nitrogens with zero attached hydrogens (tertiary/aromatic N) is 2. The SMILES string of the molecule is CC1(C)CCC(c2noc([C@H](N)CO)n2)CC1. The predicted octanol–water partition coefficient (Wildman–Crippen LogP) is 1.75. The minimum Gasteiger partial charge on any atom is -0.394 e. The van der Waals surface area contributed by atoms with Crippen molar-refractivity contribution in [3.05, 3.63) is 11.7 Å². The standard InChI is InChI=1S/C12H21N3O2/c1-12(2)5-3-8(4-6-12)10-14-11(17-15-10)9(13)7-16/h8-9,16H,3-7,13H2,1-2H3/t9-/m1/s1. The molecule has 0 amide bonds. The molecule has 1 aromatic rings. The molecule has 3 N–H and O–H groups in total. The lowest BCUT2D eigenvalue weighted by Gasteiger charge is -2.32. The first-order chi connectivity index (χ1) is 8.02. The van der Waals surface area contributed by atoms with Gasteiger partial charge >= 0.3 is 0 Å². The molecule has 1 aromatic heterocycles. The third-order valence-corrected chi connectivity index (χ3v) is 3.68. The molecular weight excluding hydrogens is 218 g/mol. The zero-order valence-corrected chi connectivity index (χ0v) is 10.5. The van der Waals surface area contributed by atoms with Crippen molar-refractivity contribution in [1.29, 1.82) is 0 Å². The van der Waals surface area contributed by atoms with Gasteiger partial charge in [0.05, 0.1) is 6.61 Å². The predicted molar refractivity (Wildman–Crippen MR) is 63.3 cm³/mol. The molecule has 1 heterocycles. The summed E-state index contributed by atoms with van der Waals surface area (Å²) in [5, 5.41) is 12.9. The lowest BCUT2D eigenvalue weighted by atomic mass is 9.73. The second-order valence-electron chi connectivity index (χ2n) is 5.72. The molecule has 17 heavy (non-hydrogen) atoms. The highest BCUT2D eigenvalue weighted by Gasteiger charge is 2.30. The third kappa shape index (κ3) is 2.84. The lowest BCUT2D eigenvalue weighted by molar-refractivity contribution is 0.217. The van der Waals surface area contributed by atoms with Gasteiger partial charge in [0.1, 0.15) is 6.04 Å². The van der Waals surface area contributed by atoms with Crippen LogP contribution in [0.25, 0.3) is 0 Å². The van der Waals surface area contributed by atoms with Gasteiger partial charge in [-0.15, -0.1) is 0 Å². The van der Waals surface area contributed by atoms with Crippen molar-refractivity contribution in [3.8, 4) is 0 Å². The van der Waals surface area contributed by atoms with Crippen LogP contribution in [-0.4, -0.2) is 21.9 Å². The van der Waals surface area contributed by atoms with E-state index in [1.54, 1.807) is 0 Å². The highest BCUT2D eigenvalue weighted by molar-refractivity contribution is 5.00. The molecule has 0 radical (unpaired) electrons. The summed E-state index contributed by atoms with van der Waals surface area (Å²) in [6.07, 6.45) is 4.57. The van der Waals surface area contributed by atoms with Crippen molar-refractivity contribution in [2.45, 2.75) is 51.5 Å². The van der Waals surface area contributed by atoms with Crippen molar-refractivity contribution >= 4 is 0 Å². The topological polar surface area (TPSA) is 85.2 Å². The highest BCUT2D eigenvalue weighted by Crippen LogP contribution is 2.41. The minimum atomic E-state index is -0.559. The number of aliphatic hydroxyl groups is 1. The minimum absolute atomic E-state index is 0.167. The van der Waals surface area contributed by atoms with Crippen LogP contribution in [0, 0.1) is 5.41 Å². The van der Waals surface area contributed by atoms with Crippen LogP contribution in [0.15, 0.2) is 4.52 Å². The van der Waals surface area contributed by atoms with Gasteiger partial charge in [-0.05, 0) is 31.1 Å². The molecule has 2 rings (SSSR count). The van der Waals surface area contributed by atoms with E-state index in [4.69, 9.17) is 15.4 Å². The zero-order valence-electron chi connectivity index (χ0n) is 10.5. The van der Waals surface area contributed by atoms with Gasteiger partial charge in [0.25, 0.3) is 0 Å². The van der Waals surface area contributed by atoms with Gasteiger partial charge in [0, 0.05) is 5.92 Å². The zero-order chi connectivity index (χ0) is 12.5. The second-order valence-corrected chi connectivity index (χ2v) is 5.72. The maximum Gasteiger partial charge on any atom is 0.245 e. The van der Waals surface area contributed by atoms with Crippen LogP contribution < -0.4 is 5.73 Å². The van der Waals surface area contributed by atoms with Gasteiger partial charge in [-0.2, -0.15) is 4.98 Å². The Morgan fingerprint density at radius 1 is 1.47 bits per heavy atom. The molecule has 0 unspecified atom stereocenters. The Morgan fingerprint density at radius 2 is 2.12 bits per heavy atom. The van der Waals surface area contributed by atoms with E-state index in [1.807, 2.05) is 0 Å². The van der Waals surface area contributed by atoms with Crippen molar-refractivity contribution in [1.82, 2.24) is 10.1 Å². The summed E-state index contributed by atoms with van der Waals surface area (Å²) in [4.78, 5) is 4.29. The first kappa shape index (κ1) is 12.5. The van der Waals surface area contributed by atoms with Gasteiger partial charge in [-0.1, -0.05) is 19.0 Å². The summed E-state index contributed by atoms with van der Waals surface area (Å²) in [5.41, 5.74) is 6.07. The van der Waals surface area contributed by atoms with E-state index >= 15 is 0 Å². The molecule has 0 aromatic carbocycles. The molecule has 1 aliphatic rings. The monoisotopic (exact) mass is 239 g/mol. The summed E-state index contributed by atoms with van der Waals surface area (Å²) in [7, 11) is 0. The Labute approximate surface area is 101 Å². The Kier molecular flexibility index (Phi) is 3.49. The van der Waals surface area contributed by atoms with E-state index in [0.29, 0.717) is 17.2 Å². The fourth-order valence-corrected chi connectivity index (χ4v) is 2.30. The van der Waals surface area contributed by atoms with Crippen molar-refractivity contribution < 1.29 is 9.63 Å². The van der Waals surface area contributed by atoms with Crippen molar-refractivity contribution in [2.24, 2.45) is 11.1 Å². The third-order valence-electron chi connectivity index (χ3n) is 3.68. The Balaban J connectivity index is 2.01. The number of rotatable bonds is 3. The summed E-state index contributed by atoms with van der Waals surface area (Å²) in [6.45, 7) is 4.43. The smallest absolute Gasteiger partial charge is 0.245 e. The number of aliphatic hydroxyl groups excluding tert-OH is 1. The summed E-state index contributed by atoms with van der Waals surface area (Å²) in [6, 6.07) is -0.559. The Bertz CT molecular complexity index is 366. The quantitative estimate of drug-likeness (QED) is 0.839. The molecule has 1 atom stereocenters. The molecule has 1 aliphatic carbocycles. The first-order valence-corrected chi connectivity index (χ1v) is 6.22. The lowest BCUT2D eigenvalue weighted by Crippen LogP contribution is -2.21. The average Bonchev–Trinajstić information content (AvgIpc) is 2.77. The first-order valence-electron chi connectivity index (χ1n) is 6.22. The number of hydrogen-bond acceptors (Lipinski definition) is 5. The Hall–Kier alpha value is -0.940. The van der Waals surface area contributed by atoms with Crippen molar-refractivity contribution in [3.63, 3.8) is 0 Å². The van der Waals surface area contributed by atoms with E-state index < -0.39 is 6.04 Å². The van der Waals surface area contributed by atoms with Crippen LogP contribution in [-0.2, 0) is 0 Å². The van der Waals surface area contributed by atoms with E-state index in [2.05, 4.69) is 24.0 Å². The average molecular weight is 239 g/mol. The summed E-state index contributed by atoms with van der Waals surface area (Å²) in [5.74, 6) is 1.47. The molecule has 0 aliphatic heterocycles. The number of aromatic nitrogens is 2. The van der Waals surface area contributed by atoms with E-state index in [0.717, 1.165) is 18.7 Å². The second kappa shape index (κ2) is 4.74. The summed E-state index contributed by atoms with van der Waals surface area (Å²) < 4.78 is 5.08. The van der Waals surface area contributed by atoms with Crippen LogP contribution in [0.4, 0.5) is 0 Å². The van der Waals surface area contributed by atoms with Crippen LogP contribution >= 0.6 is 0 Å².